The first-order valence-electron chi connectivity index (χ1n) is 11.4. The van der Waals surface area contributed by atoms with Crippen LogP contribution in [0, 0.1) is 0 Å². The molecule has 3 aliphatic heterocycles. The van der Waals surface area contributed by atoms with Gasteiger partial charge < -0.3 is 75.0 Å². The Balaban J connectivity index is 1.79. The second kappa shape index (κ2) is 12.2. The molecule has 3 fully saturated rings. The Kier molecular flexibility index (Phi) is 9.97. The zero-order chi connectivity index (χ0) is 26.9. The average molecular weight is 529 g/mol. The zero-order valence-corrected chi connectivity index (χ0v) is 19.5. The first-order valence-corrected chi connectivity index (χ1v) is 11.4. The van der Waals surface area contributed by atoms with Crippen molar-refractivity contribution in [1.82, 2.24) is 5.32 Å². The van der Waals surface area contributed by atoms with Gasteiger partial charge in [0.15, 0.2) is 18.9 Å². The van der Waals surface area contributed by atoms with Crippen LogP contribution in [0.5, 0.6) is 0 Å². The van der Waals surface area contributed by atoms with Crippen molar-refractivity contribution in [1.29, 1.82) is 0 Å². The zero-order valence-electron chi connectivity index (χ0n) is 19.5. The molecule has 36 heavy (non-hydrogen) atoms. The lowest BCUT2D eigenvalue weighted by Crippen LogP contribution is -2.68. The molecule has 16 nitrogen and oxygen atoms in total. The highest BCUT2D eigenvalue weighted by Gasteiger charge is 2.52. The largest absolute Gasteiger partial charge is 0.394 e. The van der Waals surface area contributed by atoms with Crippen molar-refractivity contribution in [3.8, 4) is 0 Å². The van der Waals surface area contributed by atoms with E-state index in [0.29, 0.717) is 0 Å². The standard InChI is InChI=1S/C20H35NO15/c1-5-10(24)13(27)16(30)20(33-5)36-17-9(21-6(2)23)19(35-7(3-22)12(17)26)32-4-8-11(25)14(28)15(29)18(31)34-8/h5,7-20,22,24-31H,3-4H2,1-2H3,(H,21,23)/t5-,7-,8-,9-,10+,11+,12-,13+,14+,15-,16-,17-,18-,19-,20-/m1/s1. The fourth-order valence-corrected chi connectivity index (χ4v) is 4.30. The number of hydrogen-bond donors (Lipinski definition) is 10. The molecule has 1 amide bonds. The van der Waals surface area contributed by atoms with Crippen LogP contribution in [0.1, 0.15) is 13.8 Å². The molecule has 15 atom stereocenters. The van der Waals surface area contributed by atoms with E-state index in [-0.39, 0.29) is 0 Å². The van der Waals surface area contributed by atoms with Crippen LogP contribution in [0.15, 0.2) is 0 Å². The van der Waals surface area contributed by atoms with E-state index in [1.165, 1.54) is 6.92 Å². The molecule has 3 aliphatic rings. The van der Waals surface area contributed by atoms with Gasteiger partial charge in [-0.05, 0) is 6.92 Å². The van der Waals surface area contributed by atoms with Crippen LogP contribution >= 0.6 is 0 Å². The van der Waals surface area contributed by atoms with Gasteiger partial charge in [-0.3, -0.25) is 4.79 Å². The number of rotatable bonds is 7. The molecule has 0 bridgehead atoms. The van der Waals surface area contributed by atoms with Crippen molar-refractivity contribution >= 4 is 5.91 Å². The van der Waals surface area contributed by atoms with E-state index in [4.69, 9.17) is 23.7 Å². The van der Waals surface area contributed by atoms with Crippen LogP contribution in [0.4, 0.5) is 0 Å². The molecule has 3 heterocycles. The Labute approximate surface area is 205 Å². The quantitative estimate of drug-likeness (QED) is 0.147. The average Bonchev–Trinajstić information content (AvgIpc) is 2.83. The summed E-state index contributed by atoms with van der Waals surface area (Å²) >= 11 is 0. The number of ether oxygens (including phenoxy) is 5. The molecular weight excluding hydrogens is 494 g/mol. The number of hydrogen-bond acceptors (Lipinski definition) is 15. The predicted octanol–water partition coefficient (Wildman–Crippen LogP) is -6.40. The molecule has 210 valence electrons. The van der Waals surface area contributed by atoms with Gasteiger partial charge in [-0.1, -0.05) is 0 Å². The summed E-state index contributed by atoms with van der Waals surface area (Å²) in [4.78, 5) is 11.9. The molecule has 0 aromatic carbocycles. The smallest absolute Gasteiger partial charge is 0.217 e. The lowest BCUT2D eigenvalue weighted by atomic mass is 9.95. The molecule has 3 rings (SSSR count). The van der Waals surface area contributed by atoms with E-state index in [9.17, 15) is 50.8 Å². The highest BCUT2D eigenvalue weighted by atomic mass is 16.7. The molecular formula is C20H35NO15. The Bertz CT molecular complexity index is 731. The first kappa shape index (κ1) is 29.5. The summed E-state index contributed by atoms with van der Waals surface area (Å²) in [5.74, 6) is -0.614. The van der Waals surface area contributed by atoms with Crippen molar-refractivity contribution in [3.05, 3.63) is 0 Å². The molecule has 0 spiro atoms. The minimum atomic E-state index is -1.83. The van der Waals surface area contributed by atoms with Crippen LogP contribution in [0.2, 0.25) is 0 Å². The van der Waals surface area contributed by atoms with Crippen molar-refractivity contribution < 1.29 is 74.4 Å². The van der Waals surface area contributed by atoms with Gasteiger partial charge in [0.05, 0.1) is 19.3 Å². The highest BCUT2D eigenvalue weighted by Crippen LogP contribution is 2.30. The van der Waals surface area contributed by atoms with Crippen molar-refractivity contribution in [2.45, 2.75) is 106 Å². The van der Waals surface area contributed by atoms with E-state index in [1.807, 2.05) is 0 Å². The van der Waals surface area contributed by atoms with Gasteiger partial charge >= 0.3 is 0 Å². The van der Waals surface area contributed by atoms with Crippen LogP contribution in [0.3, 0.4) is 0 Å². The molecule has 16 heteroatoms. The summed E-state index contributed by atoms with van der Waals surface area (Å²) in [6, 6.07) is -1.31. The summed E-state index contributed by atoms with van der Waals surface area (Å²) in [5, 5.41) is 92.6. The third kappa shape index (κ3) is 6.13. The molecule has 0 aliphatic carbocycles. The topological polar surface area (TPSA) is 257 Å². The van der Waals surface area contributed by atoms with Crippen molar-refractivity contribution in [2.75, 3.05) is 13.2 Å². The molecule has 0 unspecified atom stereocenters. The number of carbonyl (C=O) groups excluding carboxylic acids is 1. The number of carbonyl (C=O) groups is 1. The summed E-state index contributed by atoms with van der Waals surface area (Å²) in [6.45, 7) is 1.29. The van der Waals surface area contributed by atoms with Crippen LogP contribution in [-0.4, -0.2) is 157 Å². The van der Waals surface area contributed by atoms with Gasteiger partial charge in [0, 0.05) is 6.92 Å². The number of amides is 1. The summed E-state index contributed by atoms with van der Waals surface area (Å²) in [6.07, 6.45) is -21.5. The first-order chi connectivity index (χ1) is 16.9. The fraction of sp³-hybridized carbons (Fsp3) is 0.950. The molecule has 0 aromatic rings. The van der Waals surface area contributed by atoms with Crippen LogP contribution in [0.25, 0.3) is 0 Å². The van der Waals surface area contributed by atoms with E-state index in [0.717, 1.165) is 6.92 Å². The molecule has 3 saturated heterocycles. The van der Waals surface area contributed by atoms with Gasteiger partial charge in [-0.15, -0.1) is 0 Å². The third-order valence-corrected chi connectivity index (χ3v) is 6.43. The lowest BCUT2D eigenvalue weighted by molar-refractivity contribution is -0.346. The number of nitrogens with one attached hydrogen (secondary N) is 1. The van der Waals surface area contributed by atoms with Gasteiger partial charge in [0.2, 0.25) is 5.91 Å². The minimum Gasteiger partial charge on any atom is -0.394 e. The van der Waals surface area contributed by atoms with E-state index in [1.54, 1.807) is 0 Å². The van der Waals surface area contributed by atoms with Crippen LogP contribution in [-0.2, 0) is 28.5 Å². The van der Waals surface area contributed by atoms with E-state index in [2.05, 4.69) is 5.32 Å². The van der Waals surface area contributed by atoms with Crippen molar-refractivity contribution in [2.24, 2.45) is 0 Å². The normalized spacial score (nSPS) is 50.0. The van der Waals surface area contributed by atoms with Crippen molar-refractivity contribution in [3.63, 3.8) is 0 Å². The number of aliphatic hydroxyl groups excluding tert-OH is 9. The maximum atomic E-state index is 11.9. The summed E-state index contributed by atoms with van der Waals surface area (Å²) < 4.78 is 27.3. The maximum Gasteiger partial charge on any atom is 0.217 e. The Morgan fingerprint density at radius 2 is 1.42 bits per heavy atom. The second-order valence-corrected chi connectivity index (χ2v) is 9.09. The molecule has 0 radical (unpaired) electrons. The van der Waals surface area contributed by atoms with Crippen LogP contribution < -0.4 is 5.32 Å². The van der Waals surface area contributed by atoms with Gasteiger partial charge in [-0.2, -0.15) is 0 Å². The van der Waals surface area contributed by atoms with E-state index < -0.39 is 111 Å². The Hall–Kier alpha value is -1.09. The third-order valence-electron chi connectivity index (χ3n) is 6.43. The minimum absolute atomic E-state index is 0.547. The van der Waals surface area contributed by atoms with Gasteiger partial charge in [-0.25, -0.2) is 0 Å². The summed E-state index contributed by atoms with van der Waals surface area (Å²) in [7, 11) is 0. The molecule has 0 saturated carbocycles. The highest BCUT2D eigenvalue weighted by molar-refractivity contribution is 5.73. The fourth-order valence-electron chi connectivity index (χ4n) is 4.30. The monoisotopic (exact) mass is 529 g/mol. The predicted molar refractivity (Wildman–Crippen MR) is 111 cm³/mol. The molecule has 0 aromatic heterocycles. The SMILES string of the molecule is CC(=O)N[C@H]1[C@H](OC[C@H]2O[C@@H](O)[C@H](O)[C@@H](O)[C@H]2O)O[C@H](CO)[C@@H](O)[C@@H]1O[C@H]1O[C@H](C)[C@H](O)[C@H](O)[C@H]1O. The Morgan fingerprint density at radius 1 is 0.778 bits per heavy atom. The number of aliphatic hydroxyl groups is 9. The molecule has 10 N–H and O–H groups in total. The lowest BCUT2D eigenvalue weighted by Gasteiger charge is -2.47. The van der Waals surface area contributed by atoms with Gasteiger partial charge in [0.25, 0.3) is 0 Å². The van der Waals surface area contributed by atoms with Gasteiger partial charge in [0.1, 0.15) is 67.1 Å². The second-order valence-electron chi connectivity index (χ2n) is 9.09. The maximum absolute atomic E-state index is 11.9. The summed E-state index contributed by atoms with van der Waals surface area (Å²) in [5.41, 5.74) is 0. The van der Waals surface area contributed by atoms with E-state index >= 15 is 0 Å². The Morgan fingerprint density at radius 3 is 2.03 bits per heavy atom.